The van der Waals surface area contributed by atoms with E-state index in [1.807, 2.05) is 25.1 Å². The summed E-state index contributed by atoms with van der Waals surface area (Å²) < 4.78 is 16.4. The number of methoxy groups -OCH3 is 1. The fraction of sp³-hybridized carbons (Fsp3) is 0.588. The lowest BCUT2D eigenvalue weighted by Gasteiger charge is -2.19. The summed E-state index contributed by atoms with van der Waals surface area (Å²) in [6, 6.07) is 5.21. The Kier molecular flexibility index (Phi) is 6.07. The van der Waals surface area contributed by atoms with Crippen molar-refractivity contribution in [1.82, 2.24) is 0 Å². The van der Waals surface area contributed by atoms with Crippen LogP contribution in [0.2, 0.25) is 0 Å². The molecular weight excluding hydrogens is 282 g/mol. The summed E-state index contributed by atoms with van der Waals surface area (Å²) in [5.41, 5.74) is 6.92. The summed E-state index contributed by atoms with van der Waals surface area (Å²) in [6.45, 7) is 2.52. The van der Waals surface area contributed by atoms with Gasteiger partial charge in [-0.05, 0) is 50.3 Å². The molecule has 5 nitrogen and oxygen atoms in total. The Morgan fingerprint density at radius 3 is 2.68 bits per heavy atom. The van der Waals surface area contributed by atoms with E-state index in [2.05, 4.69) is 4.74 Å². The Bertz CT molecular complexity index is 497. The lowest BCUT2D eigenvalue weighted by Crippen LogP contribution is -2.17. The van der Waals surface area contributed by atoms with E-state index >= 15 is 0 Å². The van der Waals surface area contributed by atoms with Gasteiger partial charge < -0.3 is 19.9 Å². The molecule has 1 aliphatic rings. The van der Waals surface area contributed by atoms with Crippen LogP contribution in [-0.2, 0) is 9.53 Å². The van der Waals surface area contributed by atoms with Crippen LogP contribution in [-0.4, -0.2) is 25.8 Å². The number of esters is 1. The number of benzene rings is 1. The average molecular weight is 307 g/mol. The second-order valence-electron chi connectivity index (χ2n) is 5.55. The fourth-order valence-electron chi connectivity index (χ4n) is 2.69. The number of carbonyl (C=O) groups is 1. The van der Waals surface area contributed by atoms with Crippen molar-refractivity contribution in [2.45, 2.75) is 51.2 Å². The fourth-order valence-corrected chi connectivity index (χ4v) is 2.69. The van der Waals surface area contributed by atoms with E-state index in [1.165, 1.54) is 20.0 Å². The molecule has 0 bridgehead atoms. The highest BCUT2D eigenvalue weighted by molar-refractivity contribution is 5.70. The van der Waals surface area contributed by atoms with Gasteiger partial charge in [-0.2, -0.15) is 0 Å². The predicted octanol–water partition coefficient (Wildman–Crippen LogP) is 2.97. The molecule has 1 atom stereocenters. The third kappa shape index (κ3) is 4.37. The molecule has 0 spiro atoms. The highest BCUT2D eigenvalue weighted by Crippen LogP contribution is 2.34. The van der Waals surface area contributed by atoms with Gasteiger partial charge in [0, 0.05) is 6.04 Å². The van der Waals surface area contributed by atoms with Gasteiger partial charge >= 0.3 is 5.97 Å². The van der Waals surface area contributed by atoms with Crippen LogP contribution in [0.3, 0.4) is 0 Å². The molecule has 22 heavy (non-hydrogen) atoms. The van der Waals surface area contributed by atoms with Crippen LogP contribution in [0.5, 0.6) is 11.5 Å². The van der Waals surface area contributed by atoms with Gasteiger partial charge in [0.25, 0.3) is 0 Å². The maximum absolute atomic E-state index is 11.4. The Hall–Kier alpha value is -1.75. The second-order valence-corrected chi connectivity index (χ2v) is 5.55. The molecule has 0 amide bonds. The maximum atomic E-state index is 11.4. The molecule has 0 radical (unpaired) electrons. The molecule has 1 unspecified atom stereocenters. The SMILES string of the molecule is CCOc1ccc(C(N)CC(=O)OC)cc1OC1CCCC1. The Labute approximate surface area is 131 Å². The largest absolute Gasteiger partial charge is 0.490 e. The first-order chi connectivity index (χ1) is 10.6. The standard InChI is InChI=1S/C17H25NO4/c1-3-21-15-9-8-12(14(18)11-17(19)20-2)10-16(15)22-13-6-4-5-7-13/h8-10,13-14H,3-7,11,18H2,1-2H3. The topological polar surface area (TPSA) is 70.8 Å². The number of rotatable bonds is 7. The lowest BCUT2D eigenvalue weighted by molar-refractivity contribution is -0.141. The van der Waals surface area contributed by atoms with Gasteiger partial charge in [-0.3, -0.25) is 4.79 Å². The molecule has 0 saturated heterocycles. The van der Waals surface area contributed by atoms with E-state index < -0.39 is 6.04 Å². The second kappa shape index (κ2) is 8.03. The van der Waals surface area contributed by atoms with Crippen molar-refractivity contribution >= 4 is 5.97 Å². The monoisotopic (exact) mass is 307 g/mol. The first kappa shape index (κ1) is 16.6. The zero-order valence-corrected chi connectivity index (χ0v) is 13.3. The van der Waals surface area contributed by atoms with Gasteiger partial charge in [0.1, 0.15) is 0 Å². The zero-order valence-electron chi connectivity index (χ0n) is 13.3. The number of hydrogen-bond acceptors (Lipinski definition) is 5. The number of ether oxygens (including phenoxy) is 3. The predicted molar refractivity (Wildman–Crippen MR) is 84.1 cm³/mol. The molecule has 2 rings (SSSR count). The van der Waals surface area contributed by atoms with E-state index in [0.717, 1.165) is 24.2 Å². The van der Waals surface area contributed by atoms with E-state index in [-0.39, 0.29) is 18.5 Å². The molecule has 2 N–H and O–H groups in total. The van der Waals surface area contributed by atoms with Gasteiger partial charge in [0.15, 0.2) is 11.5 Å². The van der Waals surface area contributed by atoms with E-state index in [9.17, 15) is 4.79 Å². The van der Waals surface area contributed by atoms with Crippen molar-refractivity contribution in [3.8, 4) is 11.5 Å². The van der Waals surface area contributed by atoms with Crippen molar-refractivity contribution in [3.63, 3.8) is 0 Å². The summed E-state index contributed by atoms with van der Waals surface area (Å²) in [5, 5.41) is 0. The van der Waals surface area contributed by atoms with Gasteiger partial charge in [-0.15, -0.1) is 0 Å². The zero-order chi connectivity index (χ0) is 15.9. The normalized spacial score (nSPS) is 16.3. The van der Waals surface area contributed by atoms with Crippen LogP contribution in [0.15, 0.2) is 18.2 Å². The summed E-state index contributed by atoms with van der Waals surface area (Å²) >= 11 is 0. The first-order valence-electron chi connectivity index (χ1n) is 7.89. The molecule has 0 aliphatic heterocycles. The summed E-state index contributed by atoms with van der Waals surface area (Å²) in [4.78, 5) is 11.4. The van der Waals surface area contributed by atoms with Gasteiger partial charge in [-0.25, -0.2) is 0 Å². The van der Waals surface area contributed by atoms with Crippen molar-refractivity contribution in [3.05, 3.63) is 23.8 Å². The minimum atomic E-state index is -0.408. The van der Waals surface area contributed by atoms with Crippen LogP contribution < -0.4 is 15.2 Å². The average Bonchev–Trinajstić information content (AvgIpc) is 3.02. The minimum absolute atomic E-state index is 0.146. The van der Waals surface area contributed by atoms with Crippen LogP contribution in [0.25, 0.3) is 0 Å². The summed E-state index contributed by atoms with van der Waals surface area (Å²) in [5.74, 6) is 1.12. The van der Waals surface area contributed by atoms with E-state index in [4.69, 9.17) is 15.2 Å². The molecule has 1 fully saturated rings. The third-order valence-electron chi connectivity index (χ3n) is 3.91. The Morgan fingerprint density at radius 2 is 2.05 bits per heavy atom. The highest BCUT2D eigenvalue weighted by atomic mass is 16.5. The smallest absolute Gasteiger partial charge is 0.307 e. The Morgan fingerprint density at radius 1 is 1.32 bits per heavy atom. The lowest BCUT2D eigenvalue weighted by atomic mass is 10.0. The highest BCUT2D eigenvalue weighted by Gasteiger charge is 2.20. The van der Waals surface area contributed by atoms with Gasteiger partial charge in [0.05, 0.1) is 26.2 Å². The molecule has 0 heterocycles. The number of carbonyl (C=O) groups excluding carboxylic acids is 1. The number of nitrogens with two attached hydrogens (primary N) is 1. The molecular formula is C17H25NO4. The van der Waals surface area contributed by atoms with Crippen LogP contribution in [0.4, 0.5) is 0 Å². The van der Waals surface area contributed by atoms with E-state index in [0.29, 0.717) is 12.4 Å². The maximum Gasteiger partial charge on any atom is 0.307 e. The van der Waals surface area contributed by atoms with Crippen LogP contribution in [0.1, 0.15) is 50.6 Å². The van der Waals surface area contributed by atoms with Crippen molar-refractivity contribution in [2.75, 3.05) is 13.7 Å². The van der Waals surface area contributed by atoms with Crippen molar-refractivity contribution in [1.29, 1.82) is 0 Å². The minimum Gasteiger partial charge on any atom is -0.490 e. The molecule has 1 aromatic carbocycles. The third-order valence-corrected chi connectivity index (χ3v) is 3.91. The van der Waals surface area contributed by atoms with Crippen molar-refractivity contribution in [2.24, 2.45) is 5.73 Å². The molecule has 122 valence electrons. The molecule has 0 aromatic heterocycles. The molecule has 1 aromatic rings. The summed E-state index contributed by atoms with van der Waals surface area (Å²) in [6.07, 6.45) is 4.94. The summed E-state index contributed by atoms with van der Waals surface area (Å²) in [7, 11) is 1.36. The van der Waals surface area contributed by atoms with Gasteiger partial charge in [0.2, 0.25) is 0 Å². The molecule has 1 aliphatic carbocycles. The Balaban J connectivity index is 2.15. The number of hydrogen-bond donors (Lipinski definition) is 1. The van der Waals surface area contributed by atoms with Gasteiger partial charge in [-0.1, -0.05) is 6.07 Å². The molecule has 5 heteroatoms. The van der Waals surface area contributed by atoms with Crippen LogP contribution in [0, 0.1) is 0 Å². The van der Waals surface area contributed by atoms with E-state index in [1.54, 1.807) is 0 Å². The first-order valence-corrected chi connectivity index (χ1v) is 7.89. The van der Waals surface area contributed by atoms with Crippen LogP contribution >= 0.6 is 0 Å². The quantitative estimate of drug-likeness (QED) is 0.784. The molecule has 1 saturated carbocycles. The van der Waals surface area contributed by atoms with Crippen molar-refractivity contribution < 1.29 is 19.0 Å².